The van der Waals surface area contributed by atoms with Gasteiger partial charge in [0.25, 0.3) is 0 Å². The standard InChI is InChI=1S/C27H23Cl2N5O/c28-21-2-1-3-22(29)23(21)19-13-34(17-5-6-17)25-18(24(19)35)12-31-26(33-25)32-16-4-7-20-15(10-16)11-30-14-27(20)8-9-27/h1-4,7,10,12-13,17,30H,5-6,8-9,11,14H2,(H,31,32,33). The highest BCUT2D eigenvalue weighted by atomic mass is 35.5. The number of nitrogens with one attached hydrogen (secondary N) is 2. The number of benzene rings is 2. The molecule has 0 saturated heterocycles. The number of hydrogen-bond donors (Lipinski definition) is 2. The lowest BCUT2D eigenvalue weighted by molar-refractivity contribution is 0.531. The van der Waals surface area contributed by atoms with Gasteiger partial charge in [0.1, 0.15) is 5.65 Å². The molecule has 7 rings (SSSR count). The van der Waals surface area contributed by atoms with Gasteiger partial charge in [0.2, 0.25) is 11.4 Å². The molecule has 2 aromatic carbocycles. The second-order valence-electron chi connectivity index (χ2n) is 9.92. The maximum absolute atomic E-state index is 13.5. The van der Waals surface area contributed by atoms with Crippen molar-refractivity contribution in [3.63, 3.8) is 0 Å². The summed E-state index contributed by atoms with van der Waals surface area (Å²) < 4.78 is 2.08. The Bertz CT molecular complexity index is 1550. The van der Waals surface area contributed by atoms with E-state index in [1.165, 1.54) is 24.0 Å². The molecule has 2 aromatic heterocycles. The summed E-state index contributed by atoms with van der Waals surface area (Å²) in [5.41, 5.74) is 5.56. The van der Waals surface area contributed by atoms with Crippen LogP contribution in [0.5, 0.6) is 0 Å². The van der Waals surface area contributed by atoms with Crippen LogP contribution in [0, 0.1) is 0 Å². The summed E-state index contributed by atoms with van der Waals surface area (Å²) in [5, 5.41) is 8.27. The molecule has 176 valence electrons. The van der Waals surface area contributed by atoms with Gasteiger partial charge in [-0.1, -0.05) is 35.3 Å². The third-order valence-electron chi connectivity index (χ3n) is 7.51. The van der Waals surface area contributed by atoms with Gasteiger partial charge < -0.3 is 15.2 Å². The highest BCUT2D eigenvalue weighted by Gasteiger charge is 2.46. The van der Waals surface area contributed by atoms with Crippen LogP contribution in [0.2, 0.25) is 10.0 Å². The fourth-order valence-electron chi connectivity index (χ4n) is 5.35. The lowest BCUT2D eigenvalue weighted by atomic mass is 9.88. The van der Waals surface area contributed by atoms with Crippen LogP contribution in [0.15, 0.2) is 53.6 Å². The van der Waals surface area contributed by atoms with Gasteiger partial charge in [-0.05, 0) is 61.1 Å². The van der Waals surface area contributed by atoms with Crippen molar-refractivity contribution in [3.8, 4) is 11.1 Å². The van der Waals surface area contributed by atoms with Gasteiger partial charge in [0, 0.05) is 53.8 Å². The number of hydrogen-bond acceptors (Lipinski definition) is 5. The number of nitrogens with zero attached hydrogens (tertiary/aromatic N) is 3. The van der Waals surface area contributed by atoms with E-state index in [0.29, 0.717) is 49.6 Å². The predicted octanol–water partition coefficient (Wildman–Crippen LogP) is 5.98. The first-order valence-electron chi connectivity index (χ1n) is 12.0. The number of anilines is 2. The molecule has 1 spiro atoms. The quantitative estimate of drug-likeness (QED) is 0.358. The molecule has 4 aromatic rings. The Labute approximate surface area is 212 Å². The first kappa shape index (κ1) is 21.4. The molecule has 35 heavy (non-hydrogen) atoms. The summed E-state index contributed by atoms with van der Waals surface area (Å²) in [7, 11) is 0. The lowest BCUT2D eigenvalue weighted by Crippen LogP contribution is -2.33. The number of rotatable bonds is 4. The minimum absolute atomic E-state index is 0.173. The van der Waals surface area contributed by atoms with Gasteiger partial charge in [-0.3, -0.25) is 4.79 Å². The van der Waals surface area contributed by atoms with Gasteiger partial charge in [-0.25, -0.2) is 4.98 Å². The van der Waals surface area contributed by atoms with Crippen molar-refractivity contribution in [2.24, 2.45) is 0 Å². The fraction of sp³-hybridized carbons (Fsp3) is 0.296. The van der Waals surface area contributed by atoms with Gasteiger partial charge in [-0.2, -0.15) is 4.98 Å². The van der Waals surface area contributed by atoms with E-state index < -0.39 is 0 Å². The number of pyridine rings is 1. The molecular weight excluding hydrogens is 481 g/mol. The molecule has 0 radical (unpaired) electrons. The molecule has 8 heteroatoms. The molecule has 3 heterocycles. The summed E-state index contributed by atoms with van der Waals surface area (Å²) >= 11 is 12.9. The minimum Gasteiger partial charge on any atom is -0.328 e. The van der Waals surface area contributed by atoms with Crippen LogP contribution in [0.25, 0.3) is 22.2 Å². The van der Waals surface area contributed by atoms with Crippen molar-refractivity contribution in [3.05, 3.63) is 80.2 Å². The fourth-order valence-corrected chi connectivity index (χ4v) is 5.95. The normalized spacial score (nSPS) is 18.0. The molecule has 6 nitrogen and oxygen atoms in total. The highest BCUT2D eigenvalue weighted by molar-refractivity contribution is 6.39. The summed E-state index contributed by atoms with van der Waals surface area (Å²) in [4.78, 5) is 22.8. The van der Waals surface area contributed by atoms with Gasteiger partial charge in [0.15, 0.2) is 0 Å². The molecule has 2 aliphatic carbocycles. The largest absolute Gasteiger partial charge is 0.328 e. The van der Waals surface area contributed by atoms with Crippen molar-refractivity contribution in [2.45, 2.75) is 43.7 Å². The maximum atomic E-state index is 13.5. The van der Waals surface area contributed by atoms with E-state index in [1.807, 2.05) is 6.20 Å². The minimum atomic E-state index is -0.173. The Morgan fingerprint density at radius 2 is 1.91 bits per heavy atom. The van der Waals surface area contributed by atoms with E-state index in [4.69, 9.17) is 28.2 Å². The average molecular weight is 504 g/mol. The first-order valence-corrected chi connectivity index (χ1v) is 12.8. The molecule has 0 amide bonds. The number of halogens is 2. The van der Waals surface area contributed by atoms with Crippen molar-refractivity contribution < 1.29 is 0 Å². The molecule has 1 aliphatic heterocycles. The molecular formula is C27H23Cl2N5O. The van der Waals surface area contributed by atoms with E-state index in [9.17, 15) is 4.79 Å². The molecule has 0 bridgehead atoms. The molecule has 0 unspecified atom stereocenters. The van der Waals surface area contributed by atoms with Gasteiger partial charge in [-0.15, -0.1) is 0 Å². The summed E-state index contributed by atoms with van der Waals surface area (Å²) in [6.45, 7) is 1.94. The molecule has 2 N–H and O–H groups in total. The monoisotopic (exact) mass is 503 g/mol. The van der Waals surface area contributed by atoms with Gasteiger partial charge in [0.05, 0.1) is 15.4 Å². The lowest BCUT2D eigenvalue weighted by Gasteiger charge is -2.26. The molecule has 3 aliphatic rings. The maximum Gasteiger partial charge on any atom is 0.229 e. The van der Waals surface area contributed by atoms with Crippen LogP contribution in [0.1, 0.15) is 42.9 Å². The number of fused-ring (bicyclic) bond motifs is 3. The zero-order valence-electron chi connectivity index (χ0n) is 18.9. The summed E-state index contributed by atoms with van der Waals surface area (Å²) in [5.74, 6) is 0.472. The smallest absolute Gasteiger partial charge is 0.229 e. The molecule has 2 saturated carbocycles. The topological polar surface area (TPSA) is 71.8 Å². The van der Waals surface area contributed by atoms with Crippen molar-refractivity contribution in [1.82, 2.24) is 19.9 Å². The number of aromatic nitrogens is 3. The zero-order valence-corrected chi connectivity index (χ0v) is 20.5. The van der Waals surface area contributed by atoms with Crippen LogP contribution < -0.4 is 16.1 Å². The van der Waals surface area contributed by atoms with E-state index >= 15 is 0 Å². The van der Waals surface area contributed by atoms with E-state index in [0.717, 1.165) is 31.6 Å². The van der Waals surface area contributed by atoms with E-state index in [-0.39, 0.29) is 5.43 Å². The Balaban J connectivity index is 1.30. The van der Waals surface area contributed by atoms with Crippen molar-refractivity contribution >= 4 is 45.9 Å². The van der Waals surface area contributed by atoms with Crippen LogP contribution in [0.4, 0.5) is 11.6 Å². The SMILES string of the molecule is O=c1c(-c2c(Cl)cccc2Cl)cn(C2CC2)c2nc(Nc3ccc4c(c3)CNCC43CC3)ncc12. The van der Waals surface area contributed by atoms with E-state index in [1.54, 1.807) is 24.4 Å². The Hall–Kier alpha value is -2.93. The Morgan fingerprint density at radius 1 is 1.11 bits per heavy atom. The predicted molar refractivity (Wildman–Crippen MR) is 140 cm³/mol. The van der Waals surface area contributed by atoms with Crippen LogP contribution in [-0.4, -0.2) is 21.1 Å². The van der Waals surface area contributed by atoms with Crippen LogP contribution in [0.3, 0.4) is 0 Å². The summed E-state index contributed by atoms with van der Waals surface area (Å²) in [6, 6.07) is 12.1. The summed E-state index contributed by atoms with van der Waals surface area (Å²) in [6.07, 6.45) is 8.06. The second kappa shape index (κ2) is 7.79. The third kappa shape index (κ3) is 3.54. The molecule has 0 atom stereocenters. The molecule has 2 fully saturated rings. The zero-order chi connectivity index (χ0) is 23.7. The second-order valence-corrected chi connectivity index (χ2v) is 10.7. The highest BCUT2D eigenvalue weighted by Crippen LogP contribution is 2.50. The van der Waals surface area contributed by atoms with Crippen molar-refractivity contribution in [2.75, 3.05) is 11.9 Å². The first-order chi connectivity index (χ1) is 17.0. The Morgan fingerprint density at radius 3 is 2.66 bits per heavy atom. The van der Waals surface area contributed by atoms with Gasteiger partial charge >= 0.3 is 0 Å². The Kier molecular flexibility index (Phi) is 4.75. The van der Waals surface area contributed by atoms with Crippen molar-refractivity contribution in [1.29, 1.82) is 0 Å². The average Bonchev–Trinajstić information content (AvgIpc) is 3.78. The third-order valence-corrected chi connectivity index (χ3v) is 8.14. The van der Waals surface area contributed by atoms with Crippen LogP contribution >= 0.6 is 23.2 Å². The van der Waals surface area contributed by atoms with E-state index in [2.05, 4.69) is 38.4 Å². The van der Waals surface area contributed by atoms with Crippen LogP contribution in [-0.2, 0) is 12.0 Å².